The van der Waals surface area contributed by atoms with Crippen molar-refractivity contribution in [3.05, 3.63) is 0 Å². The maximum Gasteiger partial charge on any atom is 0.295 e. The van der Waals surface area contributed by atoms with Crippen LogP contribution in [0.25, 0.3) is 0 Å². The van der Waals surface area contributed by atoms with Gasteiger partial charge in [0.05, 0.1) is 6.61 Å². The largest absolute Gasteiger partial charge is 0.435 e. The van der Waals surface area contributed by atoms with Crippen molar-refractivity contribution >= 4 is 6.47 Å². The number of rotatable bonds is 4. The number of carbonyl (C=O) groups excluding carboxylic acids is 1. The molecule has 18 heavy (non-hydrogen) atoms. The van der Waals surface area contributed by atoms with Crippen molar-refractivity contribution in [2.24, 2.45) is 5.41 Å². The zero-order valence-corrected chi connectivity index (χ0v) is 10.6. The fraction of sp³-hybridized carbons (Fsp3) is 0.909. The highest BCUT2D eigenvalue weighted by Gasteiger charge is 2.45. The maximum atomic E-state index is 10.2. The molecule has 7 heteroatoms. The Morgan fingerprint density at radius 1 is 1.11 bits per heavy atom. The van der Waals surface area contributed by atoms with Crippen LogP contribution in [0.2, 0.25) is 0 Å². The summed E-state index contributed by atoms with van der Waals surface area (Å²) in [4.78, 5) is 10.2. The predicted octanol–water partition coefficient (Wildman–Crippen LogP) is -1.01. The molecule has 1 aliphatic heterocycles. The Hall–Kier alpha value is -0.730. The van der Waals surface area contributed by atoms with Gasteiger partial charge in [0.15, 0.2) is 6.29 Å². The van der Waals surface area contributed by atoms with E-state index < -0.39 is 30.9 Å². The van der Waals surface area contributed by atoms with Crippen LogP contribution in [0, 0.1) is 5.41 Å². The monoisotopic (exact) mass is 264 g/mol. The van der Waals surface area contributed by atoms with Crippen molar-refractivity contribution in [3.8, 4) is 0 Å². The van der Waals surface area contributed by atoms with E-state index in [1.807, 2.05) is 20.8 Å². The van der Waals surface area contributed by atoms with E-state index in [-0.39, 0.29) is 18.5 Å². The predicted molar refractivity (Wildman–Crippen MR) is 59.2 cm³/mol. The first-order chi connectivity index (χ1) is 8.26. The summed E-state index contributed by atoms with van der Waals surface area (Å²) >= 11 is 0. The topological polar surface area (TPSA) is 105 Å². The van der Waals surface area contributed by atoms with Crippen LogP contribution >= 0.6 is 0 Å². The van der Waals surface area contributed by atoms with Crippen molar-refractivity contribution in [3.63, 3.8) is 0 Å². The molecule has 0 aromatic carbocycles. The van der Waals surface area contributed by atoms with E-state index in [2.05, 4.69) is 4.74 Å². The molecule has 0 radical (unpaired) electrons. The molecule has 1 heterocycles. The summed E-state index contributed by atoms with van der Waals surface area (Å²) in [5, 5.41) is 28.8. The number of hydrogen-bond donors (Lipinski definition) is 3. The number of ether oxygens (including phenoxy) is 3. The summed E-state index contributed by atoms with van der Waals surface area (Å²) in [7, 11) is 0. The highest BCUT2D eigenvalue weighted by molar-refractivity contribution is 5.37. The third-order valence-electron chi connectivity index (χ3n) is 2.40. The standard InChI is InChI=1S/C11H20O7/c1-11(2,3)4-16-9-7(14)6(13)8(15)10(18-9)17-5-12/h5-10,13-15H,4H2,1-3H3/t6-,7-,8+,9-,10+/m1/s1. The molecule has 0 unspecified atom stereocenters. The second-order valence-electron chi connectivity index (χ2n) is 5.45. The van der Waals surface area contributed by atoms with Gasteiger partial charge in [-0.05, 0) is 5.41 Å². The Bertz CT molecular complexity index is 275. The molecule has 0 aliphatic carbocycles. The second kappa shape index (κ2) is 5.94. The van der Waals surface area contributed by atoms with Crippen molar-refractivity contribution < 1.29 is 34.3 Å². The molecular formula is C11H20O7. The van der Waals surface area contributed by atoms with Gasteiger partial charge in [0.25, 0.3) is 6.47 Å². The lowest BCUT2D eigenvalue weighted by molar-refractivity contribution is -0.342. The molecule has 1 rings (SSSR count). The van der Waals surface area contributed by atoms with Crippen LogP contribution in [0.5, 0.6) is 0 Å². The van der Waals surface area contributed by atoms with Gasteiger partial charge in [-0.2, -0.15) is 0 Å². The number of hydrogen-bond acceptors (Lipinski definition) is 7. The smallest absolute Gasteiger partial charge is 0.295 e. The molecule has 1 fully saturated rings. The Morgan fingerprint density at radius 3 is 2.17 bits per heavy atom. The molecule has 3 N–H and O–H groups in total. The first-order valence-corrected chi connectivity index (χ1v) is 5.66. The molecule has 106 valence electrons. The van der Waals surface area contributed by atoms with Gasteiger partial charge >= 0.3 is 0 Å². The normalized spacial score (nSPS) is 37.3. The van der Waals surface area contributed by atoms with E-state index in [4.69, 9.17) is 9.47 Å². The van der Waals surface area contributed by atoms with E-state index >= 15 is 0 Å². The average Bonchev–Trinajstić information content (AvgIpc) is 2.27. The minimum atomic E-state index is -1.51. The van der Waals surface area contributed by atoms with Gasteiger partial charge < -0.3 is 29.5 Å². The van der Waals surface area contributed by atoms with Crippen LogP contribution in [0.3, 0.4) is 0 Å². The zero-order valence-electron chi connectivity index (χ0n) is 10.6. The first kappa shape index (κ1) is 15.3. The molecular weight excluding hydrogens is 244 g/mol. The lowest BCUT2D eigenvalue weighted by Gasteiger charge is -2.39. The van der Waals surface area contributed by atoms with Crippen molar-refractivity contribution in [2.75, 3.05) is 6.61 Å². The summed E-state index contributed by atoms with van der Waals surface area (Å²) in [6.07, 6.45) is -6.94. The zero-order chi connectivity index (χ0) is 13.9. The van der Waals surface area contributed by atoms with E-state index in [0.29, 0.717) is 0 Å². The van der Waals surface area contributed by atoms with Gasteiger partial charge in [-0.1, -0.05) is 20.8 Å². The second-order valence-corrected chi connectivity index (χ2v) is 5.45. The van der Waals surface area contributed by atoms with Gasteiger partial charge in [-0.3, -0.25) is 4.79 Å². The van der Waals surface area contributed by atoms with Crippen LogP contribution in [-0.2, 0) is 19.0 Å². The third-order valence-corrected chi connectivity index (χ3v) is 2.40. The molecule has 0 saturated carbocycles. The highest BCUT2D eigenvalue weighted by Crippen LogP contribution is 2.24. The fourth-order valence-corrected chi connectivity index (χ4v) is 1.45. The minimum absolute atomic E-state index is 0.0964. The Labute approximate surface area is 105 Å². The van der Waals surface area contributed by atoms with Gasteiger partial charge in [0.2, 0.25) is 6.29 Å². The summed E-state index contributed by atoms with van der Waals surface area (Å²) in [5.74, 6) is 0. The number of aliphatic hydroxyl groups excluding tert-OH is 3. The maximum absolute atomic E-state index is 10.2. The number of carbonyl (C=O) groups is 1. The van der Waals surface area contributed by atoms with Gasteiger partial charge in [0.1, 0.15) is 18.3 Å². The summed E-state index contributed by atoms with van der Waals surface area (Å²) < 4.78 is 14.9. The van der Waals surface area contributed by atoms with Crippen molar-refractivity contribution in [2.45, 2.75) is 51.7 Å². The van der Waals surface area contributed by atoms with Crippen LogP contribution in [0.15, 0.2) is 0 Å². The minimum Gasteiger partial charge on any atom is -0.435 e. The van der Waals surface area contributed by atoms with Crippen LogP contribution in [0.4, 0.5) is 0 Å². The van der Waals surface area contributed by atoms with E-state index in [1.165, 1.54) is 0 Å². The lowest BCUT2D eigenvalue weighted by Crippen LogP contribution is -2.59. The summed E-state index contributed by atoms with van der Waals surface area (Å²) in [5.41, 5.74) is -0.162. The molecule has 1 aliphatic rings. The van der Waals surface area contributed by atoms with E-state index in [1.54, 1.807) is 0 Å². The van der Waals surface area contributed by atoms with Crippen molar-refractivity contribution in [1.82, 2.24) is 0 Å². The van der Waals surface area contributed by atoms with Crippen LogP contribution < -0.4 is 0 Å². The SMILES string of the molecule is CC(C)(C)CO[C@@H]1O[C@H](OC=O)[C@@H](O)[C@H](O)[C@H]1O. The van der Waals surface area contributed by atoms with Crippen molar-refractivity contribution in [1.29, 1.82) is 0 Å². The Balaban J connectivity index is 2.64. The lowest BCUT2D eigenvalue weighted by atomic mass is 9.98. The highest BCUT2D eigenvalue weighted by atomic mass is 16.8. The molecule has 7 nitrogen and oxygen atoms in total. The van der Waals surface area contributed by atoms with Crippen LogP contribution in [0.1, 0.15) is 20.8 Å². The number of aliphatic hydroxyl groups is 3. The molecule has 0 spiro atoms. The van der Waals surface area contributed by atoms with E-state index in [0.717, 1.165) is 0 Å². The third kappa shape index (κ3) is 3.89. The molecule has 1 saturated heterocycles. The quantitative estimate of drug-likeness (QED) is 0.558. The van der Waals surface area contributed by atoms with Crippen LogP contribution in [-0.4, -0.2) is 59.3 Å². The molecule has 0 aromatic rings. The van der Waals surface area contributed by atoms with E-state index in [9.17, 15) is 20.1 Å². The molecule has 5 atom stereocenters. The fourth-order valence-electron chi connectivity index (χ4n) is 1.45. The van der Waals surface area contributed by atoms with Gasteiger partial charge in [-0.15, -0.1) is 0 Å². The average molecular weight is 264 g/mol. The Morgan fingerprint density at radius 2 is 1.67 bits per heavy atom. The molecule has 0 amide bonds. The summed E-state index contributed by atoms with van der Waals surface area (Å²) in [6.45, 7) is 6.14. The first-order valence-electron chi connectivity index (χ1n) is 5.66. The molecule has 0 aromatic heterocycles. The summed E-state index contributed by atoms with van der Waals surface area (Å²) in [6, 6.07) is 0. The Kier molecular flexibility index (Phi) is 5.06. The van der Waals surface area contributed by atoms with Gasteiger partial charge in [-0.25, -0.2) is 0 Å². The van der Waals surface area contributed by atoms with Gasteiger partial charge in [0, 0.05) is 0 Å². The molecule has 0 bridgehead atoms.